The zero-order valence-corrected chi connectivity index (χ0v) is 14.1. The Hall–Kier alpha value is -2.97. The molecule has 8 heteroatoms. The molecule has 1 aliphatic heterocycles. The molecule has 0 aromatic heterocycles. The molecule has 0 atom stereocenters. The topological polar surface area (TPSA) is 93.9 Å². The average molecular weight is 357 g/mol. The van der Waals surface area contributed by atoms with Crippen molar-refractivity contribution >= 4 is 17.5 Å². The van der Waals surface area contributed by atoms with Crippen LogP contribution in [0.15, 0.2) is 48.5 Å². The van der Waals surface area contributed by atoms with Gasteiger partial charge in [0, 0.05) is 37.5 Å². The van der Waals surface area contributed by atoms with Crippen molar-refractivity contribution in [2.75, 3.05) is 31.6 Å². The average Bonchev–Trinajstić information content (AvgIpc) is 2.64. The van der Waals surface area contributed by atoms with Crippen molar-refractivity contribution in [1.29, 1.82) is 0 Å². The third-order valence-corrected chi connectivity index (χ3v) is 3.97. The number of carbonyl (C=O) groups excluding carboxylic acids is 1. The van der Waals surface area contributed by atoms with E-state index in [1.165, 1.54) is 24.3 Å². The lowest BCUT2D eigenvalue weighted by Crippen LogP contribution is -2.35. The second kappa shape index (κ2) is 8.41. The maximum atomic E-state index is 11.9. The van der Waals surface area contributed by atoms with E-state index in [-0.39, 0.29) is 11.4 Å². The molecule has 0 bridgehead atoms. The van der Waals surface area contributed by atoms with Gasteiger partial charge in [0.1, 0.15) is 5.75 Å². The number of hydrogen-bond donors (Lipinski definition) is 1. The number of benzene rings is 2. The molecular weight excluding hydrogens is 338 g/mol. The number of amides is 1. The Morgan fingerprint density at radius 2 is 1.77 bits per heavy atom. The highest BCUT2D eigenvalue weighted by Gasteiger charge is 2.11. The minimum absolute atomic E-state index is 0.0615. The van der Waals surface area contributed by atoms with Gasteiger partial charge < -0.3 is 9.47 Å². The zero-order valence-electron chi connectivity index (χ0n) is 14.1. The molecule has 0 aliphatic carbocycles. The molecule has 0 spiro atoms. The number of anilines is 1. The van der Waals surface area contributed by atoms with Crippen molar-refractivity contribution in [3.8, 4) is 5.75 Å². The van der Waals surface area contributed by atoms with E-state index in [1.54, 1.807) is 0 Å². The van der Waals surface area contributed by atoms with Crippen molar-refractivity contribution < 1.29 is 19.2 Å². The van der Waals surface area contributed by atoms with E-state index < -0.39 is 11.0 Å². The van der Waals surface area contributed by atoms with Crippen LogP contribution in [0.1, 0.15) is 5.56 Å². The summed E-state index contributed by atoms with van der Waals surface area (Å²) in [7, 11) is 0. The predicted octanol–water partition coefficient (Wildman–Crippen LogP) is 3.04. The van der Waals surface area contributed by atoms with Crippen LogP contribution in [-0.4, -0.2) is 42.2 Å². The third kappa shape index (κ3) is 5.01. The number of rotatable bonds is 5. The molecule has 26 heavy (non-hydrogen) atoms. The van der Waals surface area contributed by atoms with Gasteiger partial charge in [0.15, 0.2) is 0 Å². The van der Waals surface area contributed by atoms with Gasteiger partial charge in [-0.25, -0.2) is 4.79 Å². The number of ether oxygens (including phenoxy) is 2. The Labute approximate surface area is 150 Å². The van der Waals surface area contributed by atoms with Crippen LogP contribution in [-0.2, 0) is 11.3 Å². The summed E-state index contributed by atoms with van der Waals surface area (Å²) >= 11 is 0. The number of hydrogen-bond acceptors (Lipinski definition) is 6. The summed E-state index contributed by atoms with van der Waals surface area (Å²) in [5, 5.41) is 13.2. The molecule has 1 saturated heterocycles. The van der Waals surface area contributed by atoms with Crippen molar-refractivity contribution in [2.24, 2.45) is 0 Å². The summed E-state index contributed by atoms with van der Waals surface area (Å²) in [6.45, 7) is 4.20. The highest BCUT2D eigenvalue weighted by atomic mass is 16.6. The van der Waals surface area contributed by atoms with Gasteiger partial charge >= 0.3 is 6.09 Å². The fourth-order valence-electron chi connectivity index (χ4n) is 2.60. The lowest BCUT2D eigenvalue weighted by molar-refractivity contribution is -0.384. The van der Waals surface area contributed by atoms with Crippen LogP contribution >= 0.6 is 0 Å². The number of carbonyl (C=O) groups is 1. The van der Waals surface area contributed by atoms with Crippen LogP contribution in [0.4, 0.5) is 16.2 Å². The number of nitrogens with zero attached hydrogens (tertiary/aromatic N) is 2. The molecule has 0 radical (unpaired) electrons. The van der Waals surface area contributed by atoms with Crippen molar-refractivity contribution in [3.05, 3.63) is 64.2 Å². The van der Waals surface area contributed by atoms with E-state index in [1.807, 2.05) is 24.3 Å². The van der Waals surface area contributed by atoms with Gasteiger partial charge in [-0.1, -0.05) is 12.1 Å². The van der Waals surface area contributed by atoms with Crippen molar-refractivity contribution in [3.63, 3.8) is 0 Å². The van der Waals surface area contributed by atoms with Crippen LogP contribution in [0.3, 0.4) is 0 Å². The van der Waals surface area contributed by atoms with Gasteiger partial charge in [0.25, 0.3) is 5.69 Å². The summed E-state index contributed by atoms with van der Waals surface area (Å²) in [4.78, 5) is 24.3. The number of nitro benzene ring substituents is 1. The molecule has 0 unspecified atom stereocenters. The highest BCUT2D eigenvalue weighted by Crippen LogP contribution is 2.18. The van der Waals surface area contributed by atoms with Crippen LogP contribution in [0.2, 0.25) is 0 Å². The molecule has 1 fully saturated rings. The minimum atomic E-state index is -0.653. The first-order chi connectivity index (χ1) is 12.6. The number of non-ortho nitro benzene ring substituents is 1. The third-order valence-electron chi connectivity index (χ3n) is 3.97. The summed E-state index contributed by atoms with van der Waals surface area (Å²) < 4.78 is 10.4. The number of morpholine rings is 1. The smallest absolute Gasteiger partial charge is 0.410 e. The van der Waals surface area contributed by atoms with Crippen LogP contribution in [0, 0.1) is 10.1 Å². The molecule has 1 amide bonds. The van der Waals surface area contributed by atoms with Gasteiger partial charge in [-0.15, -0.1) is 0 Å². The summed E-state index contributed by atoms with van der Waals surface area (Å²) in [5.41, 5.74) is 1.71. The first-order valence-electron chi connectivity index (χ1n) is 8.22. The first kappa shape index (κ1) is 17.8. The van der Waals surface area contributed by atoms with Crippen LogP contribution < -0.4 is 10.1 Å². The van der Waals surface area contributed by atoms with E-state index in [2.05, 4.69) is 10.2 Å². The molecule has 3 rings (SSSR count). The molecule has 2 aromatic carbocycles. The molecule has 2 aromatic rings. The van der Waals surface area contributed by atoms with E-state index >= 15 is 0 Å². The predicted molar refractivity (Wildman–Crippen MR) is 95.3 cm³/mol. The van der Waals surface area contributed by atoms with Gasteiger partial charge in [-0.3, -0.25) is 20.3 Å². The number of nitrogens with one attached hydrogen (secondary N) is 1. The lowest BCUT2D eigenvalue weighted by atomic mass is 10.2. The zero-order chi connectivity index (χ0) is 18.4. The maximum absolute atomic E-state index is 11.9. The van der Waals surface area contributed by atoms with E-state index in [0.29, 0.717) is 5.69 Å². The molecule has 1 aliphatic rings. The SMILES string of the molecule is O=C(Nc1ccc(CN2CCOCC2)cc1)Oc1ccc([N+](=O)[O-])cc1. The lowest BCUT2D eigenvalue weighted by Gasteiger charge is -2.26. The normalized spacial score (nSPS) is 14.6. The largest absolute Gasteiger partial charge is 0.417 e. The van der Waals surface area contributed by atoms with E-state index in [4.69, 9.17) is 9.47 Å². The molecule has 8 nitrogen and oxygen atoms in total. The Morgan fingerprint density at radius 1 is 1.12 bits per heavy atom. The van der Waals surface area contributed by atoms with E-state index in [0.717, 1.165) is 38.4 Å². The highest BCUT2D eigenvalue weighted by molar-refractivity contribution is 5.86. The van der Waals surface area contributed by atoms with Gasteiger partial charge in [-0.2, -0.15) is 0 Å². The fourth-order valence-corrected chi connectivity index (χ4v) is 2.60. The Bertz CT molecular complexity index is 755. The maximum Gasteiger partial charge on any atom is 0.417 e. The monoisotopic (exact) mass is 357 g/mol. The first-order valence-corrected chi connectivity index (χ1v) is 8.22. The number of nitro groups is 1. The fraction of sp³-hybridized carbons (Fsp3) is 0.278. The van der Waals surface area contributed by atoms with Gasteiger partial charge in [-0.05, 0) is 29.8 Å². The molecular formula is C18H19N3O5. The van der Waals surface area contributed by atoms with Crippen LogP contribution in [0.5, 0.6) is 5.75 Å². The molecule has 1 N–H and O–H groups in total. The molecule has 136 valence electrons. The Balaban J connectivity index is 1.51. The molecule has 1 heterocycles. The second-order valence-electron chi connectivity index (χ2n) is 5.85. The molecule has 0 saturated carbocycles. The summed E-state index contributed by atoms with van der Waals surface area (Å²) in [6, 6.07) is 12.9. The Morgan fingerprint density at radius 3 is 2.38 bits per heavy atom. The standard InChI is InChI=1S/C18H19N3O5/c22-18(26-17-7-5-16(6-8-17)21(23)24)19-15-3-1-14(2-4-15)13-20-9-11-25-12-10-20/h1-8H,9-13H2,(H,19,22). The second-order valence-corrected chi connectivity index (χ2v) is 5.85. The van der Waals surface area contributed by atoms with Gasteiger partial charge in [0.05, 0.1) is 18.1 Å². The minimum Gasteiger partial charge on any atom is -0.410 e. The van der Waals surface area contributed by atoms with Gasteiger partial charge in [0.2, 0.25) is 0 Å². The Kier molecular flexibility index (Phi) is 5.77. The quantitative estimate of drug-likeness (QED) is 0.653. The summed E-state index contributed by atoms with van der Waals surface area (Å²) in [5.74, 6) is 0.233. The van der Waals surface area contributed by atoms with Crippen molar-refractivity contribution in [2.45, 2.75) is 6.54 Å². The summed E-state index contributed by atoms with van der Waals surface area (Å²) in [6.07, 6.45) is -0.653. The van der Waals surface area contributed by atoms with E-state index in [9.17, 15) is 14.9 Å². The van der Waals surface area contributed by atoms with Crippen LogP contribution in [0.25, 0.3) is 0 Å². The van der Waals surface area contributed by atoms with Crippen molar-refractivity contribution in [1.82, 2.24) is 4.90 Å².